The van der Waals surface area contributed by atoms with Crippen LogP contribution in [0, 0.1) is 0 Å². The van der Waals surface area contributed by atoms with Gasteiger partial charge in [0.1, 0.15) is 0 Å². The number of benzene rings is 2. The molecular formula is C23H26N4O. The number of rotatable bonds is 8. The molecule has 0 spiro atoms. The molecule has 0 aliphatic rings. The van der Waals surface area contributed by atoms with Crippen LogP contribution in [0.25, 0.3) is 23.0 Å². The van der Waals surface area contributed by atoms with Crippen molar-refractivity contribution in [2.24, 2.45) is 0 Å². The maximum Gasteiger partial charge on any atom is 0.244 e. The Bertz CT molecular complexity index is 914. The largest absolute Gasteiger partial charge is 0.353 e. The summed E-state index contributed by atoms with van der Waals surface area (Å²) < 4.78 is 1.84. The van der Waals surface area contributed by atoms with Gasteiger partial charge in [0.05, 0.1) is 11.4 Å². The molecule has 0 unspecified atom stereocenters. The highest BCUT2D eigenvalue weighted by Gasteiger charge is 2.10. The van der Waals surface area contributed by atoms with Crippen LogP contribution >= 0.6 is 0 Å². The minimum absolute atomic E-state index is 0.0924. The smallest absolute Gasteiger partial charge is 0.244 e. The summed E-state index contributed by atoms with van der Waals surface area (Å²) in [6, 6.07) is 20.0. The van der Waals surface area contributed by atoms with Gasteiger partial charge in [0.2, 0.25) is 5.91 Å². The lowest BCUT2D eigenvalue weighted by Gasteiger charge is -2.08. The monoisotopic (exact) mass is 374 g/mol. The van der Waals surface area contributed by atoms with Gasteiger partial charge in [0.15, 0.2) is 0 Å². The summed E-state index contributed by atoms with van der Waals surface area (Å²) in [5.41, 5.74) is 3.75. The van der Waals surface area contributed by atoms with Crippen molar-refractivity contribution in [2.75, 3.05) is 27.2 Å². The minimum atomic E-state index is -0.0924. The average molecular weight is 374 g/mol. The van der Waals surface area contributed by atoms with E-state index in [1.807, 2.05) is 91.7 Å². The molecule has 0 saturated heterocycles. The number of carbonyl (C=O) groups is 1. The van der Waals surface area contributed by atoms with E-state index in [1.165, 1.54) is 0 Å². The molecule has 3 rings (SSSR count). The predicted octanol–water partition coefficient (Wildman–Crippen LogP) is 3.62. The first-order valence-corrected chi connectivity index (χ1v) is 9.44. The molecule has 0 aliphatic heterocycles. The van der Waals surface area contributed by atoms with Gasteiger partial charge in [0.25, 0.3) is 0 Å². The van der Waals surface area contributed by atoms with Crippen molar-refractivity contribution in [1.29, 1.82) is 0 Å². The van der Waals surface area contributed by atoms with E-state index >= 15 is 0 Å². The van der Waals surface area contributed by atoms with E-state index in [0.29, 0.717) is 6.54 Å². The highest BCUT2D eigenvalue weighted by Crippen LogP contribution is 2.24. The third-order valence-corrected chi connectivity index (χ3v) is 4.31. The van der Waals surface area contributed by atoms with Crippen molar-refractivity contribution in [3.63, 3.8) is 0 Å². The second kappa shape index (κ2) is 9.67. The van der Waals surface area contributed by atoms with Crippen molar-refractivity contribution in [1.82, 2.24) is 20.0 Å². The summed E-state index contributed by atoms with van der Waals surface area (Å²) in [6.07, 6.45) is 6.28. The average Bonchev–Trinajstić information content (AvgIpc) is 3.15. The number of nitrogens with zero attached hydrogens (tertiary/aromatic N) is 3. The Hall–Kier alpha value is -3.18. The first-order valence-electron chi connectivity index (χ1n) is 9.44. The van der Waals surface area contributed by atoms with Gasteiger partial charge >= 0.3 is 0 Å². The van der Waals surface area contributed by atoms with Gasteiger partial charge in [0, 0.05) is 29.9 Å². The van der Waals surface area contributed by atoms with E-state index < -0.39 is 0 Å². The Morgan fingerprint density at radius 3 is 2.43 bits per heavy atom. The molecule has 1 aromatic heterocycles. The van der Waals surface area contributed by atoms with Crippen LogP contribution in [0.1, 0.15) is 12.0 Å². The number of aromatic nitrogens is 2. The third kappa shape index (κ3) is 5.41. The van der Waals surface area contributed by atoms with Gasteiger partial charge in [-0.25, -0.2) is 4.68 Å². The molecule has 28 heavy (non-hydrogen) atoms. The summed E-state index contributed by atoms with van der Waals surface area (Å²) in [5, 5.41) is 7.68. The lowest BCUT2D eigenvalue weighted by Crippen LogP contribution is -2.25. The summed E-state index contributed by atoms with van der Waals surface area (Å²) >= 11 is 0. The molecular weight excluding hydrogens is 348 g/mol. The maximum atomic E-state index is 12.1. The van der Waals surface area contributed by atoms with Crippen LogP contribution in [0.3, 0.4) is 0 Å². The van der Waals surface area contributed by atoms with Crippen LogP contribution in [0.2, 0.25) is 0 Å². The predicted molar refractivity (Wildman–Crippen MR) is 114 cm³/mol. The van der Waals surface area contributed by atoms with E-state index in [2.05, 4.69) is 10.2 Å². The van der Waals surface area contributed by atoms with E-state index in [0.717, 1.165) is 35.5 Å². The number of hydrogen-bond acceptors (Lipinski definition) is 3. The molecule has 0 atom stereocenters. The van der Waals surface area contributed by atoms with Crippen LogP contribution in [0.15, 0.2) is 72.9 Å². The Balaban J connectivity index is 1.79. The lowest BCUT2D eigenvalue weighted by atomic mass is 10.1. The number of para-hydroxylation sites is 1. The van der Waals surface area contributed by atoms with Gasteiger partial charge in [-0.1, -0.05) is 48.5 Å². The fourth-order valence-corrected chi connectivity index (χ4v) is 2.87. The van der Waals surface area contributed by atoms with Gasteiger partial charge in [-0.05, 0) is 45.3 Å². The van der Waals surface area contributed by atoms with E-state index in [4.69, 9.17) is 5.10 Å². The van der Waals surface area contributed by atoms with Crippen LogP contribution < -0.4 is 5.32 Å². The highest BCUT2D eigenvalue weighted by atomic mass is 16.1. The molecule has 0 bridgehead atoms. The van der Waals surface area contributed by atoms with Crippen LogP contribution in [0.4, 0.5) is 0 Å². The molecule has 2 aromatic carbocycles. The second-order valence-electron chi connectivity index (χ2n) is 6.86. The zero-order valence-corrected chi connectivity index (χ0v) is 16.4. The Morgan fingerprint density at radius 2 is 1.75 bits per heavy atom. The fraction of sp³-hybridized carbons (Fsp3) is 0.217. The minimum Gasteiger partial charge on any atom is -0.353 e. The van der Waals surface area contributed by atoms with Gasteiger partial charge in [-0.2, -0.15) is 5.10 Å². The molecule has 1 N–H and O–H groups in total. The summed E-state index contributed by atoms with van der Waals surface area (Å²) in [5.74, 6) is -0.0924. The molecule has 0 aliphatic carbocycles. The topological polar surface area (TPSA) is 50.2 Å². The Morgan fingerprint density at radius 1 is 1.07 bits per heavy atom. The standard InChI is InChI=1S/C23H26N4O/c1-26(2)17-9-16-24-22(28)15-14-20-18-27(21-12-7-4-8-13-21)25-23(20)19-10-5-3-6-11-19/h3-8,10-15,18H,9,16-17H2,1-2H3,(H,24,28). The molecule has 5 heteroatoms. The number of amides is 1. The van der Waals surface area contributed by atoms with Gasteiger partial charge in [-0.15, -0.1) is 0 Å². The molecule has 1 heterocycles. The zero-order valence-electron chi connectivity index (χ0n) is 16.4. The van der Waals surface area contributed by atoms with E-state index in [9.17, 15) is 4.79 Å². The third-order valence-electron chi connectivity index (χ3n) is 4.31. The highest BCUT2D eigenvalue weighted by molar-refractivity contribution is 5.92. The molecule has 144 valence electrons. The number of hydrogen-bond donors (Lipinski definition) is 1. The molecule has 0 fully saturated rings. The quantitative estimate of drug-likeness (QED) is 0.484. The van der Waals surface area contributed by atoms with Gasteiger partial charge in [-0.3, -0.25) is 4.79 Å². The Kier molecular flexibility index (Phi) is 6.76. The van der Waals surface area contributed by atoms with Gasteiger partial charge < -0.3 is 10.2 Å². The fourth-order valence-electron chi connectivity index (χ4n) is 2.87. The molecule has 3 aromatic rings. The second-order valence-corrected chi connectivity index (χ2v) is 6.86. The first-order chi connectivity index (χ1) is 13.6. The number of nitrogens with one attached hydrogen (secondary N) is 1. The van der Waals surface area contributed by atoms with Crippen molar-refractivity contribution in [3.8, 4) is 16.9 Å². The Labute approximate surface area is 166 Å². The lowest BCUT2D eigenvalue weighted by molar-refractivity contribution is -0.116. The molecule has 0 saturated carbocycles. The van der Waals surface area contributed by atoms with Crippen LogP contribution in [0.5, 0.6) is 0 Å². The van der Waals surface area contributed by atoms with Crippen molar-refractivity contribution in [3.05, 3.63) is 78.5 Å². The summed E-state index contributed by atoms with van der Waals surface area (Å²) in [4.78, 5) is 14.3. The van der Waals surface area contributed by atoms with Crippen molar-refractivity contribution >= 4 is 12.0 Å². The molecule has 0 radical (unpaired) electrons. The number of carbonyl (C=O) groups excluding carboxylic acids is 1. The van der Waals surface area contributed by atoms with E-state index in [1.54, 1.807) is 6.08 Å². The SMILES string of the molecule is CN(C)CCCNC(=O)C=Cc1cn(-c2ccccc2)nc1-c1ccccc1. The zero-order chi connectivity index (χ0) is 19.8. The normalized spacial score (nSPS) is 11.2. The van der Waals surface area contributed by atoms with Crippen LogP contribution in [-0.4, -0.2) is 47.8 Å². The van der Waals surface area contributed by atoms with Crippen LogP contribution in [-0.2, 0) is 4.79 Å². The maximum absolute atomic E-state index is 12.1. The summed E-state index contributed by atoms with van der Waals surface area (Å²) in [6.45, 7) is 1.61. The summed E-state index contributed by atoms with van der Waals surface area (Å²) in [7, 11) is 4.05. The first kappa shape index (κ1) is 19.6. The van der Waals surface area contributed by atoms with Crippen molar-refractivity contribution in [2.45, 2.75) is 6.42 Å². The molecule has 5 nitrogen and oxygen atoms in total. The van der Waals surface area contributed by atoms with E-state index in [-0.39, 0.29) is 5.91 Å². The molecule has 1 amide bonds. The van der Waals surface area contributed by atoms with Crippen molar-refractivity contribution < 1.29 is 4.79 Å².